The van der Waals surface area contributed by atoms with Gasteiger partial charge in [0.05, 0.1) is 0 Å². The predicted molar refractivity (Wildman–Crippen MR) is 72.2 cm³/mol. The van der Waals surface area contributed by atoms with Crippen LogP contribution in [-0.2, 0) is 4.74 Å². The van der Waals surface area contributed by atoms with Crippen LogP contribution in [0.4, 0.5) is 0 Å². The van der Waals surface area contributed by atoms with E-state index in [-0.39, 0.29) is 0 Å². The van der Waals surface area contributed by atoms with Gasteiger partial charge in [-0.1, -0.05) is 6.92 Å². The Kier molecular flexibility index (Phi) is 4.48. The lowest BCUT2D eigenvalue weighted by molar-refractivity contribution is 0.0149. The maximum Gasteiger partial charge on any atom is 0.0468 e. The van der Waals surface area contributed by atoms with Gasteiger partial charge >= 0.3 is 0 Å². The van der Waals surface area contributed by atoms with Gasteiger partial charge in [0.1, 0.15) is 0 Å². The maximum atomic E-state index is 5.49. The summed E-state index contributed by atoms with van der Waals surface area (Å²) in [5.41, 5.74) is 0.495. The molecule has 0 aromatic rings. The molecule has 1 saturated heterocycles. The van der Waals surface area contributed by atoms with E-state index in [4.69, 9.17) is 4.74 Å². The van der Waals surface area contributed by atoms with E-state index in [0.29, 0.717) is 5.54 Å². The summed E-state index contributed by atoms with van der Waals surface area (Å²) in [4.78, 5) is 2.52. The molecule has 100 valence electrons. The van der Waals surface area contributed by atoms with Crippen LogP contribution in [0, 0.1) is 11.8 Å². The second-order valence-electron chi connectivity index (χ2n) is 6.56. The largest absolute Gasteiger partial charge is 0.381 e. The minimum atomic E-state index is 0.495. The van der Waals surface area contributed by atoms with E-state index < -0.39 is 0 Å². The Morgan fingerprint density at radius 3 is 2.18 bits per heavy atom. The third kappa shape index (κ3) is 3.23. The van der Waals surface area contributed by atoms with Crippen molar-refractivity contribution in [3.05, 3.63) is 0 Å². The van der Waals surface area contributed by atoms with Crippen molar-refractivity contribution in [3.63, 3.8) is 0 Å². The van der Waals surface area contributed by atoms with Crippen LogP contribution in [0.3, 0.4) is 0 Å². The van der Waals surface area contributed by atoms with E-state index in [2.05, 4.69) is 25.9 Å². The van der Waals surface area contributed by atoms with E-state index in [1.807, 2.05) is 0 Å². The Labute approximate surface area is 107 Å². The van der Waals surface area contributed by atoms with Gasteiger partial charge in [-0.25, -0.2) is 0 Å². The van der Waals surface area contributed by atoms with Crippen molar-refractivity contribution in [2.75, 3.05) is 27.3 Å². The molecule has 0 aromatic heterocycles. The highest BCUT2D eigenvalue weighted by Gasteiger charge is 2.38. The predicted octanol–water partition coefficient (Wildman–Crippen LogP) is 3.31. The van der Waals surface area contributed by atoms with Gasteiger partial charge in [-0.2, -0.15) is 0 Å². The lowest BCUT2D eigenvalue weighted by Crippen LogP contribution is -2.48. The van der Waals surface area contributed by atoms with Crippen LogP contribution in [0.5, 0.6) is 0 Å². The zero-order valence-corrected chi connectivity index (χ0v) is 11.9. The topological polar surface area (TPSA) is 12.5 Å². The molecular weight excluding hydrogens is 210 g/mol. The zero-order valence-electron chi connectivity index (χ0n) is 11.9. The molecule has 1 saturated carbocycles. The van der Waals surface area contributed by atoms with Crippen LogP contribution in [-0.4, -0.2) is 37.7 Å². The van der Waals surface area contributed by atoms with Crippen molar-refractivity contribution in [1.82, 2.24) is 4.90 Å². The first kappa shape index (κ1) is 13.4. The Morgan fingerprint density at radius 1 is 1.06 bits per heavy atom. The van der Waals surface area contributed by atoms with Gasteiger partial charge in [0.2, 0.25) is 0 Å². The number of hydrogen-bond donors (Lipinski definition) is 0. The third-order valence-corrected chi connectivity index (χ3v) is 5.16. The molecule has 0 spiro atoms. The first-order valence-electron chi connectivity index (χ1n) is 7.37. The van der Waals surface area contributed by atoms with E-state index in [0.717, 1.165) is 25.0 Å². The molecule has 0 unspecified atom stereocenters. The van der Waals surface area contributed by atoms with Gasteiger partial charge in [0.15, 0.2) is 0 Å². The summed E-state index contributed by atoms with van der Waals surface area (Å²) >= 11 is 0. The van der Waals surface area contributed by atoms with E-state index >= 15 is 0 Å². The van der Waals surface area contributed by atoms with Gasteiger partial charge < -0.3 is 9.64 Å². The summed E-state index contributed by atoms with van der Waals surface area (Å²) in [7, 11) is 4.57. The summed E-state index contributed by atoms with van der Waals surface area (Å²) in [5.74, 6) is 1.84. The molecule has 1 aliphatic heterocycles. The van der Waals surface area contributed by atoms with E-state index in [1.165, 1.54) is 44.9 Å². The lowest BCUT2D eigenvalue weighted by atomic mass is 9.71. The monoisotopic (exact) mass is 239 g/mol. The van der Waals surface area contributed by atoms with Crippen molar-refractivity contribution in [3.8, 4) is 0 Å². The summed E-state index contributed by atoms with van der Waals surface area (Å²) in [6.45, 7) is 4.39. The van der Waals surface area contributed by atoms with Crippen LogP contribution >= 0.6 is 0 Å². The Morgan fingerprint density at radius 2 is 1.65 bits per heavy atom. The molecule has 0 bridgehead atoms. The fourth-order valence-corrected chi connectivity index (χ4v) is 3.62. The molecule has 0 radical (unpaired) electrons. The fourth-order valence-electron chi connectivity index (χ4n) is 3.62. The van der Waals surface area contributed by atoms with Crippen molar-refractivity contribution in [1.29, 1.82) is 0 Å². The first-order chi connectivity index (χ1) is 8.12. The number of hydrogen-bond acceptors (Lipinski definition) is 2. The van der Waals surface area contributed by atoms with E-state index in [9.17, 15) is 0 Å². The smallest absolute Gasteiger partial charge is 0.0468 e. The highest BCUT2D eigenvalue weighted by Crippen LogP contribution is 2.41. The van der Waals surface area contributed by atoms with Crippen molar-refractivity contribution in [2.24, 2.45) is 11.8 Å². The molecule has 2 fully saturated rings. The molecule has 0 aromatic carbocycles. The molecular formula is C15H29NO. The first-order valence-corrected chi connectivity index (χ1v) is 7.37. The van der Waals surface area contributed by atoms with Crippen molar-refractivity contribution < 1.29 is 4.74 Å². The standard InChI is InChI=1S/C15H29NO/c1-13-4-8-15(9-5-13,16(2)3)12-14-6-10-17-11-7-14/h13-14H,4-12H2,1-3H3. The van der Waals surface area contributed by atoms with Crippen LogP contribution in [0.25, 0.3) is 0 Å². The number of ether oxygens (including phenoxy) is 1. The summed E-state index contributed by atoms with van der Waals surface area (Å²) in [6, 6.07) is 0. The van der Waals surface area contributed by atoms with Gasteiger partial charge in [-0.05, 0) is 70.9 Å². The van der Waals surface area contributed by atoms with Crippen molar-refractivity contribution >= 4 is 0 Å². The molecule has 2 rings (SSSR count). The van der Waals surface area contributed by atoms with Crippen LogP contribution in [0.15, 0.2) is 0 Å². The molecule has 0 amide bonds. The van der Waals surface area contributed by atoms with Gasteiger partial charge in [0, 0.05) is 18.8 Å². The summed E-state index contributed by atoms with van der Waals surface area (Å²) < 4.78 is 5.49. The average molecular weight is 239 g/mol. The van der Waals surface area contributed by atoms with Crippen LogP contribution in [0.1, 0.15) is 51.9 Å². The van der Waals surface area contributed by atoms with Crippen LogP contribution < -0.4 is 0 Å². The summed E-state index contributed by atoms with van der Waals surface area (Å²) in [6.07, 6.45) is 9.60. The van der Waals surface area contributed by atoms with Gasteiger partial charge in [-0.15, -0.1) is 0 Å². The maximum absolute atomic E-state index is 5.49. The normalized spacial score (nSPS) is 36.4. The zero-order chi connectivity index (χ0) is 12.3. The molecule has 1 heterocycles. The fraction of sp³-hybridized carbons (Fsp3) is 1.00. The third-order valence-electron chi connectivity index (χ3n) is 5.16. The Balaban J connectivity index is 1.96. The highest BCUT2D eigenvalue weighted by atomic mass is 16.5. The lowest BCUT2D eigenvalue weighted by Gasteiger charge is -2.47. The molecule has 17 heavy (non-hydrogen) atoms. The molecule has 2 nitrogen and oxygen atoms in total. The van der Waals surface area contributed by atoms with Gasteiger partial charge in [-0.3, -0.25) is 0 Å². The molecule has 1 aliphatic carbocycles. The highest BCUT2D eigenvalue weighted by molar-refractivity contribution is 4.94. The minimum Gasteiger partial charge on any atom is -0.381 e. The Hall–Kier alpha value is -0.0800. The average Bonchev–Trinajstić information content (AvgIpc) is 2.33. The number of rotatable bonds is 3. The number of nitrogens with zero attached hydrogens (tertiary/aromatic N) is 1. The molecule has 2 aliphatic rings. The second kappa shape index (κ2) is 5.71. The second-order valence-corrected chi connectivity index (χ2v) is 6.56. The molecule has 2 heteroatoms. The molecule has 0 N–H and O–H groups in total. The minimum absolute atomic E-state index is 0.495. The quantitative estimate of drug-likeness (QED) is 0.749. The molecule has 0 atom stereocenters. The Bertz CT molecular complexity index is 225. The SMILES string of the molecule is CC1CCC(CC2CCOCC2)(N(C)C)CC1. The van der Waals surface area contributed by atoms with Gasteiger partial charge in [0.25, 0.3) is 0 Å². The van der Waals surface area contributed by atoms with E-state index in [1.54, 1.807) is 0 Å². The summed E-state index contributed by atoms with van der Waals surface area (Å²) in [5, 5.41) is 0. The van der Waals surface area contributed by atoms with Crippen LogP contribution in [0.2, 0.25) is 0 Å². The van der Waals surface area contributed by atoms with Crippen molar-refractivity contribution in [2.45, 2.75) is 57.4 Å².